The molecular formula is C18H20Cl2N2O3S. The molecule has 2 rings (SSSR count). The van der Waals surface area contributed by atoms with Crippen molar-refractivity contribution in [3.8, 4) is 0 Å². The predicted molar refractivity (Wildman–Crippen MR) is 108 cm³/mol. The van der Waals surface area contributed by atoms with E-state index in [2.05, 4.69) is 5.32 Å². The summed E-state index contributed by atoms with van der Waals surface area (Å²) in [4.78, 5) is 12.7. The molecule has 140 valence electrons. The van der Waals surface area contributed by atoms with Crippen molar-refractivity contribution in [2.75, 3.05) is 15.9 Å². The Kier molecular flexibility index (Phi) is 6.55. The SMILES string of the molecule is CCc1ccccc1NC(=O)[C@@H](C)N(c1cc(Cl)cc(Cl)c1)S(C)(=O)=O. The second kappa shape index (κ2) is 8.29. The van der Waals surface area contributed by atoms with E-state index in [-0.39, 0.29) is 15.7 Å². The molecule has 1 amide bonds. The third-order valence-electron chi connectivity index (χ3n) is 3.85. The quantitative estimate of drug-likeness (QED) is 0.763. The van der Waals surface area contributed by atoms with Crippen LogP contribution in [0, 0.1) is 0 Å². The maximum absolute atomic E-state index is 12.7. The van der Waals surface area contributed by atoms with E-state index in [1.165, 1.54) is 25.1 Å². The number of aryl methyl sites for hydroxylation is 1. The number of nitrogens with one attached hydrogen (secondary N) is 1. The Labute approximate surface area is 164 Å². The molecule has 2 aromatic carbocycles. The molecule has 0 aliphatic rings. The van der Waals surface area contributed by atoms with E-state index in [1.807, 2.05) is 25.1 Å². The van der Waals surface area contributed by atoms with Gasteiger partial charge < -0.3 is 5.32 Å². The van der Waals surface area contributed by atoms with Crippen LogP contribution in [0.1, 0.15) is 19.4 Å². The van der Waals surface area contributed by atoms with Crippen molar-refractivity contribution >= 4 is 50.5 Å². The first-order valence-corrected chi connectivity index (χ1v) is 10.6. The number of para-hydroxylation sites is 1. The van der Waals surface area contributed by atoms with Crippen molar-refractivity contribution in [3.63, 3.8) is 0 Å². The molecule has 0 radical (unpaired) electrons. The summed E-state index contributed by atoms with van der Waals surface area (Å²) >= 11 is 12.0. The summed E-state index contributed by atoms with van der Waals surface area (Å²) in [7, 11) is -3.75. The Hall–Kier alpha value is -1.76. The van der Waals surface area contributed by atoms with Crippen molar-refractivity contribution in [2.45, 2.75) is 26.3 Å². The van der Waals surface area contributed by atoms with Gasteiger partial charge in [-0.25, -0.2) is 8.42 Å². The molecule has 0 fully saturated rings. The highest BCUT2D eigenvalue weighted by molar-refractivity contribution is 7.92. The minimum absolute atomic E-state index is 0.233. The minimum Gasteiger partial charge on any atom is -0.324 e. The molecule has 0 aliphatic carbocycles. The van der Waals surface area contributed by atoms with Gasteiger partial charge in [0.15, 0.2) is 0 Å². The molecule has 0 saturated carbocycles. The summed E-state index contributed by atoms with van der Waals surface area (Å²) in [6.45, 7) is 3.49. The summed E-state index contributed by atoms with van der Waals surface area (Å²) in [5, 5.41) is 3.37. The Morgan fingerprint density at radius 1 is 1.15 bits per heavy atom. The highest BCUT2D eigenvalue weighted by Crippen LogP contribution is 2.29. The van der Waals surface area contributed by atoms with Gasteiger partial charge in [0, 0.05) is 15.7 Å². The minimum atomic E-state index is -3.75. The van der Waals surface area contributed by atoms with E-state index in [9.17, 15) is 13.2 Å². The lowest BCUT2D eigenvalue weighted by Gasteiger charge is -2.28. The average molecular weight is 415 g/mol. The number of nitrogens with zero attached hydrogens (tertiary/aromatic N) is 1. The Morgan fingerprint density at radius 2 is 1.73 bits per heavy atom. The van der Waals surface area contributed by atoms with Crippen LogP contribution in [0.4, 0.5) is 11.4 Å². The molecule has 1 atom stereocenters. The zero-order valence-corrected chi connectivity index (χ0v) is 17.0. The highest BCUT2D eigenvalue weighted by atomic mass is 35.5. The Morgan fingerprint density at radius 3 is 2.27 bits per heavy atom. The number of sulfonamides is 1. The normalized spacial score (nSPS) is 12.5. The van der Waals surface area contributed by atoms with E-state index >= 15 is 0 Å². The van der Waals surface area contributed by atoms with Gasteiger partial charge in [-0.1, -0.05) is 48.3 Å². The average Bonchev–Trinajstić information content (AvgIpc) is 2.53. The van der Waals surface area contributed by atoms with Gasteiger partial charge in [-0.15, -0.1) is 0 Å². The van der Waals surface area contributed by atoms with Gasteiger partial charge in [0.25, 0.3) is 0 Å². The fourth-order valence-corrected chi connectivity index (χ4v) is 4.34. The predicted octanol–water partition coefficient (Wildman–Crippen LogP) is 4.35. The van der Waals surface area contributed by atoms with E-state index in [4.69, 9.17) is 23.2 Å². The lowest BCUT2D eigenvalue weighted by atomic mass is 10.1. The molecule has 2 aromatic rings. The molecule has 26 heavy (non-hydrogen) atoms. The number of amides is 1. The smallest absolute Gasteiger partial charge is 0.248 e. The molecule has 0 heterocycles. The zero-order valence-electron chi connectivity index (χ0n) is 14.7. The summed E-state index contributed by atoms with van der Waals surface area (Å²) in [6.07, 6.45) is 1.77. The molecule has 0 unspecified atom stereocenters. The first-order valence-electron chi connectivity index (χ1n) is 7.97. The maximum Gasteiger partial charge on any atom is 0.248 e. The number of carbonyl (C=O) groups is 1. The van der Waals surface area contributed by atoms with Crippen LogP contribution in [-0.4, -0.2) is 26.6 Å². The van der Waals surface area contributed by atoms with Crippen LogP contribution in [0.25, 0.3) is 0 Å². The van der Waals surface area contributed by atoms with Crippen LogP contribution >= 0.6 is 23.2 Å². The first kappa shape index (κ1) is 20.6. The molecule has 8 heteroatoms. The standard InChI is InChI=1S/C18H20Cl2N2O3S/c1-4-13-7-5-6-8-17(13)21-18(23)12(2)22(26(3,24)25)16-10-14(19)9-15(20)11-16/h5-12H,4H2,1-3H3,(H,21,23)/t12-/m1/s1. The molecule has 0 spiro atoms. The lowest BCUT2D eigenvalue weighted by molar-refractivity contribution is -0.116. The summed E-state index contributed by atoms with van der Waals surface area (Å²) in [5.41, 5.74) is 1.85. The van der Waals surface area contributed by atoms with Crippen molar-refractivity contribution in [1.29, 1.82) is 0 Å². The van der Waals surface area contributed by atoms with E-state index in [0.29, 0.717) is 5.69 Å². The second-order valence-corrected chi connectivity index (χ2v) is 8.59. The Bertz CT molecular complexity index is 896. The highest BCUT2D eigenvalue weighted by Gasteiger charge is 2.30. The van der Waals surface area contributed by atoms with E-state index in [0.717, 1.165) is 22.5 Å². The second-order valence-electron chi connectivity index (χ2n) is 5.86. The van der Waals surface area contributed by atoms with Gasteiger partial charge in [-0.05, 0) is 43.2 Å². The topological polar surface area (TPSA) is 66.5 Å². The molecule has 1 N–H and O–H groups in total. The molecule has 0 aliphatic heterocycles. The van der Waals surface area contributed by atoms with Gasteiger partial charge in [-0.2, -0.15) is 0 Å². The molecule has 0 saturated heterocycles. The molecule has 5 nitrogen and oxygen atoms in total. The largest absolute Gasteiger partial charge is 0.324 e. The fourth-order valence-electron chi connectivity index (χ4n) is 2.66. The number of halogens is 2. The van der Waals surface area contributed by atoms with Crippen molar-refractivity contribution in [1.82, 2.24) is 0 Å². The molecule has 0 aromatic heterocycles. The number of anilines is 2. The van der Waals surface area contributed by atoms with Crippen LogP contribution in [-0.2, 0) is 21.2 Å². The third kappa shape index (κ3) is 4.90. The van der Waals surface area contributed by atoms with E-state index in [1.54, 1.807) is 6.07 Å². The first-order chi connectivity index (χ1) is 12.1. The van der Waals surface area contributed by atoms with Gasteiger partial charge in [-0.3, -0.25) is 9.10 Å². The lowest BCUT2D eigenvalue weighted by Crippen LogP contribution is -2.45. The van der Waals surface area contributed by atoms with Gasteiger partial charge >= 0.3 is 0 Å². The van der Waals surface area contributed by atoms with Gasteiger partial charge in [0.05, 0.1) is 11.9 Å². The summed E-state index contributed by atoms with van der Waals surface area (Å²) in [5.74, 6) is -0.451. The zero-order chi connectivity index (χ0) is 19.5. The maximum atomic E-state index is 12.7. The monoisotopic (exact) mass is 414 g/mol. The number of rotatable bonds is 6. The van der Waals surface area contributed by atoms with Gasteiger partial charge in [0.1, 0.15) is 6.04 Å². The third-order valence-corrected chi connectivity index (χ3v) is 5.52. The van der Waals surface area contributed by atoms with E-state index < -0.39 is 22.0 Å². The van der Waals surface area contributed by atoms with Crippen LogP contribution in [0.3, 0.4) is 0 Å². The van der Waals surface area contributed by atoms with Crippen LogP contribution in [0.15, 0.2) is 42.5 Å². The summed E-state index contributed by atoms with van der Waals surface area (Å²) < 4.78 is 25.7. The van der Waals surface area contributed by atoms with Crippen molar-refractivity contribution in [3.05, 3.63) is 58.1 Å². The number of carbonyl (C=O) groups excluding carboxylic acids is 1. The van der Waals surface area contributed by atoms with Crippen LogP contribution in [0.2, 0.25) is 10.0 Å². The molecule has 0 bridgehead atoms. The number of hydrogen-bond acceptors (Lipinski definition) is 3. The van der Waals surface area contributed by atoms with Crippen LogP contribution in [0.5, 0.6) is 0 Å². The molecular weight excluding hydrogens is 395 g/mol. The number of hydrogen-bond donors (Lipinski definition) is 1. The van der Waals surface area contributed by atoms with Crippen LogP contribution < -0.4 is 9.62 Å². The number of benzene rings is 2. The summed E-state index contributed by atoms with van der Waals surface area (Å²) in [6, 6.07) is 10.8. The fraction of sp³-hybridized carbons (Fsp3) is 0.278. The van der Waals surface area contributed by atoms with Gasteiger partial charge in [0.2, 0.25) is 15.9 Å². The van der Waals surface area contributed by atoms with Crippen molar-refractivity contribution in [2.24, 2.45) is 0 Å². The van der Waals surface area contributed by atoms with Crippen molar-refractivity contribution < 1.29 is 13.2 Å². The Balaban J connectivity index is 2.38.